The molecule has 0 atom stereocenters. The molecule has 0 fully saturated rings. The Hall–Kier alpha value is -1.19. The van der Waals surface area contributed by atoms with E-state index in [1.165, 1.54) is 6.08 Å². The maximum Gasteiger partial charge on any atom is 0.109 e. The number of nitriles is 1. The fraction of sp³-hybridized carbons (Fsp3) is 0.400. The number of aromatic nitrogens is 1. The molecular weight excluding hydrogens is 240 g/mol. The van der Waals surface area contributed by atoms with E-state index in [1.54, 1.807) is 18.4 Å². The number of nitrogens with zero attached hydrogens (tertiary/aromatic N) is 2. The molecule has 0 saturated carbocycles. The van der Waals surface area contributed by atoms with Gasteiger partial charge in [0.1, 0.15) is 10.8 Å². The summed E-state index contributed by atoms with van der Waals surface area (Å²) in [6.45, 7) is 0.838. The molecule has 1 heterocycles. The smallest absolute Gasteiger partial charge is 0.109 e. The van der Waals surface area contributed by atoms with Gasteiger partial charge in [-0.3, -0.25) is 0 Å². The molecule has 0 aromatic carbocycles. The van der Waals surface area contributed by atoms with Crippen LogP contribution in [0, 0.1) is 11.3 Å². The average Bonchev–Trinajstić information content (AvgIpc) is 2.80. The summed E-state index contributed by atoms with van der Waals surface area (Å²) in [4.78, 5) is 4.21. The summed E-state index contributed by atoms with van der Waals surface area (Å²) < 4.78 is 0. The third kappa shape index (κ3) is 5.05. The molecule has 0 amide bonds. The molecule has 0 aliphatic carbocycles. The van der Waals surface area contributed by atoms with Gasteiger partial charge in [-0.05, 0) is 0 Å². The Labute approximate surface area is 104 Å². The minimum absolute atomic E-state index is 0.761. The van der Waals surface area contributed by atoms with Gasteiger partial charge >= 0.3 is 0 Å². The molecule has 86 valence electrons. The molecule has 0 aliphatic rings. The quantitative estimate of drug-likeness (QED) is 0.571. The number of allylic oxidation sites excluding steroid dienone is 1. The van der Waals surface area contributed by atoms with Gasteiger partial charge in [-0.25, -0.2) is 4.98 Å². The van der Waals surface area contributed by atoms with E-state index in [1.807, 2.05) is 29.4 Å². The molecular formula is C10H14N4S2. The van der Waals surface area contributed by atoms with Crippen molar-refractivity contribution >= 4 is 23.1 Å². The van der Waals surface area contributed by atoms with E-state index in [2.05, 4.69) is 15.6 Å². The van der Waals surface area contributed by atoms with Gasteiger partial charge < -0.3 is 10.6 Å². The largest absolute Gasteiger partial charge is 0.374 e. The van der Waals surface area contributed by atoms with Crippen LogP contribution in [0.3, 0.4) is 0 Å². The minimum Gasteiger partial charge on any atom is -0.374 e. The summed E-state index contributed by atoms with van der Waals surface area (Å²) in [5, 5.41) is 17.7. The highest BCUT2D eigenvalue weighted by atomic mass is 32.2. The lowest BCUT2D eigenvalue weighted by Crippen LogP contribution is -2.25. The molecule has 1 aromatic heterocycles. The molecule has 0 saturated heterocycles. The van der Waals surface area contributed by atoms with Crippen LogP contribution < -0.4 is 10.6 Å². The molecule has 1 rings (SSSR count). The number of hydrogen-bond donors (Lipinski definition) is 2. The highest BCUT2D eigenvalue weighted by Crippen LogP contribution is 2.13. The zero-order chi connectivity index (χ0) is 11.6. The highest BCUT2D eigenvalue weighted by molar-refractivity contribution is 7.98. The third-order valence-electron chi connectivity index (χ3n) is 1.75. The fourth-order valence-corrected chi connectivity index (χ4v) is 2.58. The van der Waals surface area contributed by atoms with Gasteiger partial charge in [0.2, 0.25) is 0 Å². The first-order valence-corrected chi connectivity index (χ1v) is 6.87. The van der Waals surface area contributed by atoms with Crippen LogP contribution in [0.2, 0.25) is 0 Å². The van der Waals surface area contributed by atoms with E-state index in [4.69, 9.17) is 5.26 Å². The van der Waals surface area contributed by atoms with E-state index in [0.29, 0.717) is 0 Å². The summed E-state index contributed by atoms with van der Waals surface area (Å²) in [6, 6.07) is 1.98. The average molecular weight is 254 g/mol. The molecule has 0 radical (unpaired) electrons. The lowest BCUT2D eigenvalue weighted by atomic mass is 10.5. The third-order valence-corrected chi connectivity index (χ3v) is 3.68. The van der Waals surface area contributed by atoms with Gasteiger partial charge in [-0.2, -0.15) is 17.0 Å². The van der Waals surface area contributed by atoms with Crippen molar-refractivity contribution < 1.29 is 0 Å². The predicted octanol–water partition coefficient (Wildman–Crippen LogP) is 1.55. The lowest BCUT2D eigenvalue weighted by molar-refractivity contribution is 0.771. The summed E-state index contributed by atoms with van der Waals surface area (Å²) >= 11 is 3.51. The summed E-state index contributed by atoms with van der Waals surface area (Å²) in [6.07, 6.45) is 3.29. The number of rotatable bonds is 7. The first kappa shape index (κ1) is 12.9. The summed E-state index contributed by atoms with van der Waals surface area (Å²) in [7, 11) is 1.79. The van der Waals surface area contributed by atoms with Gasteiger partial charge in [0.15, 0.2) is 0 Å². The molecule has 4 nitrogen and oxygen atoms in total. The zero-order valence-electron chi connectivity index (χ0n) is 9.06. The van der Waals surface area contributed by atoms with Gasteiger partial charge in [-0.15, -0.1) is 11.3 Å². The van der Waals surface area contributed by atoms with E-state index < -0.39 is 0 Å². The van der Waals surface area contributed by atoms with Crippen molar-refractivity contribution in [2.75, 3.05) is 19.3 Å². The van der Waals surface area contributed by atoms with Crippen LogP contribution in [-0.4, -0.2) is 24.3 Å². The molecule has 6 heteroatoms. The highest BCUT2D eigenvalue weighted by Gasteiger charge is 1.96. The second kappa shape index (κ2) is 8.02. The molecule has 2 N–H and O–H groups in total. The maximum absolute atomic E-state index is 8.48. The van der Waals surface area contributed by atoms with Crippen LogP contribution in [0.5, 0.6) is 0 Å². The van der Waals surface area contributed by atoms with E-state index in [-0.39, 0.29) is 0 Å². The van der Waals surface area contributed by atoms with Crippen molar-refractivity contribution in [1.29, 1.82) is 5.26 Å². The Morgan fingerprint density at radius 2 is 2.62 bits per heavy atom. The SMILES string of the molecule is CN/C(=C/C#N)NCCSCc1nccs1. The number of nitrogens with one attached hydrogen (secondary N) is 2. The summed E-state index contributed by atoms with van der Waals surface area (Å²) in [5.41, 5.74) is 0. The van der Waals surface area contributed by atoms with Crippen LogP contribution in [0.1, 0.15) is 5.01 Å². The van der Waals surface area contributed by atoms with Crippen molar-refractivity contribution in [2.45, 2.75) is 5.75 Å². The second-order valence-electron chi connectivity index (χ2n) is 2.84. The van der Waals surface area contributed by atoms with Crippen molar-refractivity contribution in [1.82, 2.24) is 15.6 Å². The van der Waals surface area contributed by atoms with E-state index in [0.717, 1.165) is 28.9 Å². The van der Waals surface area contributed by atoms with Gasteiger partial charge in [0.25, 0.3) is 0 Å². The first-order chi connectivity index (χ1) is 7.86. The van der Waals surface area contributed by atoms with Crippen LogP contribution in [0.25, 0.3) is 0 Å². The Bertz CT molecular complexity index is 353. The number of thioether (sulfide) groups is 1. The molecule has 0 bridgehead atoms. The Morgan fingerprint density at radius 3 is 3.25 bits per heavy atom. The Balaban J connectivity index is 2.08. The minimum atomic E-state index is 0.761. The number of thiazole rings is 1. The molecule has 0 aliphatic heterocycles. The first-order valence-electron chi connectivity index (χ1n) is 4.84. The second-order valence-corrected chi connectivity index (χ2v) is 4.93. The van der Waals surface area contributed by atoms with Gasteiger partial charge in [0, 0.05) is 36.7 Å². The van der Waals surface area contributed by atoms with E-state index >= 15 is 0 Å². The van der Waals surface area contributed by atoms with Crippen LogP contribution >= 0.6 is 23.1 Å². The molecule has 0 spiro atoms. The van der Waals surface area contributed by atoms with Crippen molar-refractivity contribution in [3.8, 4) is 6.07 Å². The Kier molecular flexibility index (Phi) is 6.45. The molecule has 16 heavy (non-hydrogen) atoms. The van der Waals surface area contributed by atoms with Crippen LogP contribution in [-0.2, 0) is 5.75 Å². The summed E-state index contributed by atoms with van der Waals surface area (Å²) in [5.74, 6) is 2.71. The van der Waals surface area contributed by atoms with Crippen LogP contribution in [0.4, 0.5) is 0 Å². The topological polar surface area (TPSA) is 60.7 Å². The van der Waals surface area contributed by atoms with Gasteiger partial charge in [0.05, 0.1) is 12.1 Å². The lowest BCUT2D eigenvalue weighted by Gasteiger charge is -2.08. The van der Waals surface area contributed by atoms with Crippen molar-refractivity contribution in [2.24, 2.45) is 0 Å². The van der Waals surface area contributed by atoms with Gasteiger partial charge in [-0.1, -0.05) is 0 Å². The standard InChI is InChI=1S/C10H14N4S2/c1-12-9(2-3-11)13-4-6-15-8-10-14-5-7-16-10/h2,5,7,12-13H,4,6,8H2,1H3/b9-2-. The zero-order valence-corrected chi connectivity index (χ0v) is 10.7. The maximum atomic E-state index is 8.48. The number of hydrogen-bond acceptors (Lipinski definition) is 6. The fourth-order valence-electron chi connectivity index (χ4n) is 1.02. The van der Waals surface area contributed by atoms with Crippen LogP contribution in [0.15, 0.2) is 23.5 Å². The Morgan fingerprint density at radius 1 is 1.75 bits per heavy atom. The normalized spacial score (nSPS) is 10.9. The van der Waals surface area contributed by atoms with E-state index in [9.17, 15) is 0 Å². The monoisotopic (exact) mass is 254 g/mol. The molecule has 0 unspecified atom stereocenters. The van der Waals surface area contributed by atoms with Crippen molar-refractivity contribution in [3.05, 3.63) is 28.5 Å². The van der Waals surface area contributed by atoms with Crippen molar-refractivity contribution in [3.63, 3.8) is 0 Å². The predicted molar refractivity (Wildman–Crippen MR) is 69.0 cm³/mol. The molecule has 1 aromatic rings.